The lowest BCUT2D eigenvalue weighted by Crippen LogP contribution is -2.10. The highest BCUT2D eigenvalue weighted by molar-refractivity contribution is 7.19. The van der Waals surface area contributed by atoms with Crippen molar-refractivity contribution in [1.82, 2.24) is 9.97 Å². The van der Waals surface area contributed by atoms with Crippen LogP contribution in [0.2, 0.25) is 0 Å². The average Bonchev–Trinajstić information content (AvgIpc) is 2.94. The summed E-state index contributed by atoms with van der Waals surface area (Å²) in [4.78, 5) is 23.6. The molecule has 7 nitrogen and oxygen atoms in total. The molecular formula is C22H25N3O4S. The van der Waals surface area contributed by atoms with Gasteiger partial charge in [-0.3, -0.25) is 4.79 Å². The van der Waals surface area contributed by atoms with Gasteiger partial charge in [-0.1, -0.05) is 12.5 Å². The molecule has 0 aliphatic heterocycles. The monoisotopic (exact) mass is 427 g/mol. The van der Waals surface area contributed by atoms with E-state index in [2.05, 4.69) is 9.97 Å². The second-order valence-corrected chi connectivity index (χ2v) is 8.38. The maximum absolute atomic E-state index is 12.3. The fourth-order valence-electron chi connectivity index (χ4n) is 3.83. The fraction of sp³-hybridized carbons (Fsp3) is 0.409. The Labute approximate surface area is 179 Å². The Balaban J connectivity index is 1.45. The van der Waals surface area contributed by atoms with Gasteiger partial charge in [0.2, 0.25) is 0 Å². The number of fused-ring (bicyclic) bond motifs is 3. The molecule has 30 heavy (non-hydrogen) atoms. The number of nitrogens with two attached hydrogens (primary N) is 1. The molecule has 1 aliphatic carbocycles. The van der Waals surface area contributed by atoms with E-state index in [9.17, 15) is 4.79 Å². The summed E-state index contributed by atoms with van der Waals surface area (Å²) in [6.07, 6.45) is 5.85. The number of esters is 1. The molecule has 0 saturated heterocycles. The number of aromatic nitrogens is 2. The molecule has 0 unspecified atom stereocenters. The number of methoxy groups -OCH3 is 2. The summed E-state index contributed by atoms with van der Waals surface area (Å²) in [5.74, 6) is 1.72. The number of rotatable bonds is 6. The number of hydrogen-bond donors (Lipinski definition) is 1. The molecule has 1 aliphatic rings. The number of aryl methyl sites for hydroxylation is 2. The van der Waals surface area contributed by atoms with E-state index < -0.39 is 0 Å². The molecule has 8 heteroatoms. The molecular weight excluding hydrogens is 402 g/mol. The molecule has 0 bridgehead atoms. The van der Waals surface area contributed by atoms with Crippen LogP contribution in [0.15, 0.2) is 18.2 Å². The maximum Gasteiger partial charge on any atom is 0.310 e. The van der Waals surface area contributed by atoms with Gasteiger partial charge in [-0.25, -0.2) is 9.97 Å². The summed E-state index contributed by atoms with van der Waals surface area (Å²) in [6.45, 7) is -0.00513. The van der Waals surface area contributed by atoms with Gasteiger partial charge in [0.15, 0.2) is 23.9 Å². The van der Waals surface area contributed by atoms with Crippen molar-refractivity contribution in [3.63, 3.8) is 0 Å². The first-order valence-corrected chi connectivity index (χ1v) is 10.8. The van der Waals surface area contributed by atoms with E-state index in [1.807, 2.05) is 6.07 Å². The Morgan fingerprint density at radius 1 is 1.10 bits per heavy atom. The molecule has 2 heterocycles. The second kappa shape index (κ2) is 8.87. The summed E-state index contributed by atoms with van der Waals surface area (Å²) in [5, 5.41) is 0.984. The average molecular weight is 428 g/mol. The minimum atomic E-state index is -0.369. The van der Waals surface area contributed by atoms with Crippen LogP contribution in [-0.4, -0.2) is 30.2 Å². The van der Waals surface area contributed by atoms with Gasteiger partial charge in [0.25, 0.3) is 0 Å². The largest absolute Gasteiger partial charge is 0.493 e. The van der Waals surface area contributed by atoms with E-state index >= 15 is 0 Å². The van der Waals surface area contributed by atoms with Crippen LogP contribution in [0, 0.1) is 0 Å². The smallest absolute Gasteiger partial charge is 0.310 e. The Bertz CT molecular complexity index is 1080. The zero-order chi connectivity index (χ0) is 21.1. The van der Waals surface area contributed by atoms with E-state index in [4.69, 9.17) is 19.9 Å². The highest BCUT2D eigenvalue weighted by atomic mass is 32.1. The van der Waals surface area contributed by atoms with Crippen molar-refractivity contribution >= 4 is 33.3 Å². The van der Waals surface area contributed by atoms with Crippen LogP contribution < -0.4 is 15.2 Å². The summed E-state index contributed by atoms with van der Waals surface area (Å²) < 4.78 is 15.9. The summed E-state index contributed by atoms with van der Waals surface area (Å²) in [7, 11) is 3.13. The zero-order valence-electron chi connectivity index (χ0n) is 17.2. The van der Waals surface area contributed by atoms with Crippen LogP contribution in [0.5, 0.6) is 11.5 Å². The van der Waals surface area contributed by atoms with Crippen LogP contribution in [0.4, 0.5) is 5.82 Å². The van der Waals surface area contributed by atoms with Crippen LogP contribution in [0.25, 0.3) is 10.2 Å². The highest BCUT2D eigenvalue weighted by Crippen LogP contribution is 2.37. The van der Waals surface area contributed by atoms with Gasteiger partial charge in [-0.2, -0.15) is 0 Å². The Hall–Kier alpha value is -2.87. The van der Waals surface area contributed by atoms with Crippen LogP contribution in [0.1, 0.15) is 41.1 Å². The van der Waals surface area contributed by atoms with E-state index in [0.29, 0.717) is 23.1 Å². The molecule has 4 rings (SSSR count). The minimum absolute atomic E-state index is 0.00513. The number of carbonyl (C=O) groups excluding carboxylic acids is 1. The van der Waals surface area contributed by atoms with Crippen molar-refractivity contribution in [2.45, 2.75) is 45.1 Å². The minimum Gasteiger partial charge on any atom is -0.493 e. The van der Waals surface area contributed by atoms with Crippen molar-refractivity contribution in [2.24, 2.45) is 0 Å². The quantitative estimate of drug-likeness (QED) is 0.471. The third-order valence-corrected chi connectivity index (χ3v) is 6.48. The Morgan fingerprint density at radius 3 is 2.70 bits per heavy atom. The number of thiophene rings is 1. The lowest BCUT2D eigenvalue weighted by Gasteiger charge is -2.10. The van der Waals surface area contributed by atoms with Gasteiger partial charge >= 0.3 is 5.97 Å². The van der Waals surface area contributed by atoms with Crippen molar-refractivity contribution in [2.75, 3.05) is 20.0 Å². The fourth-order valence-corrected chi connectivity index (χ4v) is 5.11. The third-order valence-electron chi connectivity index (χ3n) is 5.30. The first kappa shape index (κ1) is 20.4. The first-order chi connectivity index (χ1) is 14.6. The lowest BCUT2D eigenvalue weighted by molar-refractivity contribution is -0.144. The van der Waals surface area contributed by atoms with Crippen LogP contribution in [0.3, 0.4) is 0 Å². The molecule has 0 radical (unpaired) electrons. The third kappa shape index (κ3) is 4.18. The molecule has 0 atom stereocenters. The number of carbonyl (C=O) groups is 1. The number of hydrogen-bond acceptors (Lipinski definition) is 8. The topological polar surface area (TPSA) is 96.6 Å². The second-order valence-electron chi connectivity index (χ2n) is 7.30. The predicted octanol–water partition coefficient (Wildman–Crippen LogP) is 3.85. The molecule has 3 aromatic rings. The summed E-state index contributed by atoms with van der Waals surface area (Å²) in [5.41, 5.74) is 8.34. The first-order valence-electron chi connectivity index (χ1n) is 10.0. The zero-order valence-corrected chi connectivity index (χ0v) is 18.0. The number of ether oxygens (including phenoxy) is 3. The summed E-state index contributed by atoms with van der Waals surface area (Å²) in [6, 6.07) is 5.33. The van der Waals surface area contributed by atoms with Gasteiger partial charge in [-0.05, 0) is 48.9 Å². The molecule has 2 aromatic heterocycles. The molecule has 0 amide bonds. The highest BCUT2D eigenvalue weighted by Gasteiger charge is 2.19. The van der Waals surface area contributed by atoms with E-state index in [0.717, 1.165) is 28.6 Å². The van der Waals surface area contributed by atoms with E-state index in [1.165, 1.54) is 29.7 Å². The normalized spacial score (nSPS) is 13.5. The molecule has 158 valence electrons. The van der Waals surface area contributed by atoms with Crippen molar-refractivity contribution in [3.05, 3.63) is 40.0 Å². The predicted molar refractivity (Wildman–Crippen MR) is 116 cm³/mol. The number of nitrogen functional groups attached to an aromatic ring is 1. The van der Waals surface area contributed by atoms with Gasteiger partial charge < -0.3 is 19.9 Å². The Morgan fingerprint density at radius 2 is 1.90 bits per heavy atom. The number of benzene rings is 1. The standard InChI is InChI=1S/C22H25N3O4S/c1-27-15-9-8-13(10-16(15)28-2)11-19(26)29-12-18-24-21(23)20-14-6-4-3-5-7-17(14)30-22(20)25-18/h8-10H,3-7,11-12H2,1-2H3,(H2,23,24,25). The maximum atomic E-state index is 12.3. The van der Waals surface area contributed by atoms with Crippen molar-refractivity contribution in [3.8, 4) is 11.5 Å². The van der Waals surface area contributed by atoms with Crippen LogP contribution in [-0.2, 0) is 35.4 Å². The number of nitrogens with zero attached hydrogens (tertiary/aromatic N) is 2. The molecule has 0 saturated carbocycles. The molecule has 0 fully saturated rings. The van der Waals surface area contributed by atoms with Gasteiger partial charge in [0.1, 0.15) is 10.6 Å². The number of anilines is 1. The van der Waals surface area contributed by atoms with E-state index in [1.54, 1.807) is 37.7 Å². The van der Waals surface area contributed by atoms with Gasteiger partial charge in [-0.15, -0.1) is 11.3 Å². The molecule has 0 spiro atoms. The van der Waals surface area contributed by atoms with Crippen molar-refractivity contribution in [1.29, 1.82) is 0 Å². The van der Waals surface area contributed by atoms with Crippen molar-refractivity contribution < 1.29 is 19.0 Å². The lowest BCUT2D eigenvalue weighted by atomic mass is 10.1. The molecule has 2 N–H and O–H groups in total. The summed E-state index contributed by atoms with van der Waals surface area (Å²) >= 11 is 1.69. The van der Waals surface area contributed by atoms with Gasteiger partial charge in [0.05, 0.1) is 26.0 Å². The molecule has 1 aromatic carbocycles. The van der Waals surface area contributed by atoms with Crippen LogP contribution >= 0.6 is 11.3 Å². The SMILES string of the molecule is COc1ccc(CC(=O)OCc2nc(N)c3c4c(sc3n2)CCCCC4)cc1OC. The Kier molecular flexibility index (Phi) is 6.03. The van der Waals surface area contributed by atoms with Gasteiger partial charge in [0, 0.05) is 4.88 Å². The van der Waals surface area contributed by atoms with E-state index in [-0.39, 0.29) is 19.0 Å².